The highest BCUT2D eigenvalue weighted by atomic mass is 127. The van der Waals surface area contributed by atoms with E-state index in [0.29, 0.717) is 0 Å². The van der Waals surface area contributed by atoms with Gasteiger partial charge in [0.15, 0.2) is 0 Å². The standard InChI is InChI=1S/C4H4INO2S2/c1-10(7,8)4-6-3(5)2-9-4/h2H,1H3. The molecule has 0 N–H and O–H groups in total. The second-order valence-corrected chi connectivity index (χ2v) is 5.86. The molecular weight excluding hydrogens is 285 g/mol. The minimum absolute atomic E-state index is 0.192. The third-order valence-electron chi connectivity index (χ3n) is 0.772. The summed E-state index contributed by atoms with van der Waals surface area (Å²) >= 11 is 3.13. The molecule has 0 atom stereocenters. The first-order valence-electron chi connectivity index (χ1n) is 2.31. The summed E-state index contributed by atoms with van der Waals surface area (Å²) in [5, 5.41) is 1.71. The van der Waals surface area contributed by atoms with Gasteiger partial charge in [-0.25, -0.2) is 13.4 Å². The fraction of sp³-hybridized carbons (Fsp3) is 0.250. The largest absolute Gasteiger partial charge is 0.222 e. The first kappa shape index (κ1) is 8.41. The SMILES string of the molecule is CS(=O)(=O)c1nc(I)cs1. The van der Waals surface area contributed by atoms with E-state index in [1.807, 2.05) is 22.6 Å². The number of hydrogen-bond acceptors (Lipinski definition) is 4. The number of sulfone groups is 1. The molecule has 0 amide bonds. The van der Waals surface area contributed by atoms with Gasteiger partial charge in [0.2, 0.25) is 14.2 Å². The Hall–Kier alpha value is 0.310. The van der Waals surface area contributed by atoms with Gasteiger partial charge >= 0.3 is 0 Å². The van der Waals surface area contributed by atoms with E-state index in [9.17, 15) is 8.42 Å². The Bertz CT molecular complexity index is 329. The first-order chi connectivity index (χ1) is 4.50. The molecule has 0 spiro atoms. The van der Waals surface area contributed by atoms with Crippen molar-refractivity contribution in [3.8, 4) is 0 Å². The van der Waals surface area contributed by atoms with Crippen LogP contribution in [0.15, 0.2) is 9.72 Å². The van der Waals surface area contributed by atoms with Crippen LogP contribution in [0.3, 0.4) is 0 Å². The van der Waals surface area contributed by atoms with E-state index in [1.165, 1.54) is 0 Å². The lowest BCUT2D eigenvalue weighted by Gasteiger charge is -1.85. The third kappa shape index (κ3) is 1.89. The molecule has 56 valence electrons. The van der Waals surface area contributed by atoms with Crippen molar-refractivity contribution in [1.82, 2.24) is 4.98 Å². The molecule has 0 fully saturated rings. The Kier molecular flexibility index (Phi) is 2.31. The van der Waals surface area contributed by atoms with Crippen LogP contribution in [0.4, 0.5) is 0 Å². The van der Waals surface area contributed by atoms with Crippen LogP contribution in [-0.2, 0) is 9.84 Å². The second kappa shape index (κ2) is 2.74. The molecule has 0 aliphatic heterocycles. The predicted octanol–water partition coefficient (Wildman–Crippen LogP) is 1.15. The van der Waals surface area contributed by atoms with Crippen LogP contribution in [0.25, 0.3) is 0 Å². The summed E-state index contributed by atoms with van der Waals surface area (Å²) in [6, 6.07) is 0. The molecule has 0 aliphatic rings. The normalized spacial score (nSPS) is 11.8. The summed E-state index contributed by atoms with van der Waals surface area (Å²) in [5.74, 6) is 0. The smallest absolute Gasteiger partial charge is 0.209 e. The van der Waals surface area contributed by atoms with Crippen molar-refractivity contribution in [3.05, 3.63) is 9.08 Å². The summed E-state index contributed by atoms with van der Waals surface area (Å²) in [7, 11) is -3.08. The molecule has 0 unspecified atom stereocenters. The van der Waals surface area contributed by atoms with E-state index in [2.05, 4.69) is 4.98 Å². The Morgan fingerprint density at radius 1 is 1.70 bits per heavy atom. The lowest BCUT2D eigenvalue weighted by atomic mass is 11.0. The number of aromatic nitrogens is 1. The van der Waals surface area contributed by atoms with Gasteiger partial charge in [-0.3, -0.25) is 0 Å². The molecule has 0 bridgehead atoms. The van der Waals surface area contributed by atoms with Gasteiger partial charge in [0, 0.05) is 11.6 Å². The second-order valence-electron chi connectivity index (χ2n) is 1.71. The maximum absolute atomic E-state index is 10.8. The van der Waals surface area contributed by atoms with Crippen LogP contribution >= 0.6 is 33.9 Å². The Morgan fingerprint density at radius 3 is 2.50 bits per heavy atom. The highest BCUT2D eigenvalue weighted by Crippen LogP contribution is 2.16. The van der Waals surface area contributed by atoms with Gasteiger partial charge in [-0.1, -0.05) is 0 Å². The molecular formula is C4H4INO2S2. The van der Waals surface area contributed by atoms with Crippen molar-refractivity contribution in [1.29, 1.82) is 0 Å². The van der Waals surface area contributed by atoms with Gasteiger partial charge in [0.25, 0.3) is 0 Å². The minimum Gasteiger partial charge on any atom is -0.222 e. The zero-order valence-corrected chi connectivity index (χ0v) is 8.83. The van der Waals surface area contributed by atoms with Gasteiger partial charge < -0.3 is 0 Å². The maximum Gasteiger partial charge on any atom is 0.209 e. The monoisotopic (exact) mass is 289 g/mol. The Balaban J connectivity index is 3.21. The molecule has 1 aromatic rings. The number of rotatable bonds is 1. The molecule has 0 aromatic carbocycles. The third-order valence-corrected chi connectivity index (χ3v) is 4.30. The quantitative estimate of drug-likeness (QED) is 0.729. The summed E-state index contributed by atoms with van der Waals surface area (Å²) in [6.45, 7) is 0. The zero-order chi connectivity index (χ0) is 7.78. The van der Waals surface area contributed by atoms with Gasteiger partial charge in [-0.05, 0) is 22.6 Å². The lowest BCUT2D eigenvalue weighted by molar-refractivity contribution is 0.601. The average Bonchev–Trinajstić information content (AvgIpc) is 2.11. The fourth-order valence-corrected chi connectivity index (χ4v) is 2.87. The van der Waals surface area contributed by atoms with E-state index in [4.69, 9.17) is 0 Å². The van der Waals surface area contributed by atoms with Crippen molar-refractivity contribution >= 4 is 43.8 Å². The van der Waals surface area contributed by atoms with E-state index < -0.39 is 9.84 Å². The fourth-order valence-electron chi connectivity index (χ4n) is 0.409. The van der Waals surface area contributed by atoms with Gasteiger partial charge in [-0.15, -0.1) is 11.3 Å². The number of hydrogen-bond donors (Lipinski definition) is 0. The molecule has 1 rings (SSSR count). The van der Waals surface area contributed by atoms with Crippen LogP contribution in [0.2, 0.25) is 0 Å². The summed E-state index contributed by atoms with van der Waals surface area (Å²) in [5.41, 5.74) is 0. The van der Waals surface area contributed by atoms with Crippen LogP contribution in [0, 0.1) is 3.70 Å². The summed E-state index contributed by atoms with van der Waals surface area (Å²) in [6.07, 6.45) is 1.15. The molecule has 0 saturated heterocycles. The number of halogens is 1. The number of thiazole rings is 1. The Morgan fingerprint density at radius 2 is 2.30 bits per heavy atom. The number of nitrogens with zero attached hydrogens (tertiary/aromatic N) is 1. The zero-order valence-electron chi connectivity index (χ0n) is 5.04. The van der Waals surface area contributed by atoms with Crippen LogP contribution in [0.1, 0.15) is 0 Å². The Labute approximate surface area is 76.5 Å². The van der Waals surface area contributed by atoms with Crippen molar-refractivity contribution in [2.75, 3.05) is 6.26 Å². The molecule has 1 aromatic heterocycles. The minimum atomic E-state index is -3.08. The molecule has 0 radical (unpaired) electrons. The van der Waals surface area contributed by atoms with Crippen LogP contribution < -0.4 is 0 Å². The average molecular weight is 289 g/mol. The molecule has 0 saturated carbocycles. The maximum atomic E-state index is 10.8. The summed E-state index contributed by atoms with van der Waals surface area (Å²) < 4.78 is 22.5. The van der Waals surface area contributed by atoms with E-state index in [0.717, 1.165) is 21.3 Å². The van der Waals surface area contributed by atoms with Crippen molar-refractivity contribution in [2.24, 2.45) is 0 Å². The van der Waals surface area contributed by atoms with Crippen molar-refractivity contribution < 1.29 is 8.42 Å². The van der Waals surface area contributed by atoms with Gasteiger partial charge in [0.1, 0.15) is 3.70 Å². The molecule has 10 heavy (non-hydrogen) atoms. The first-order valence-corrected chi connectivity index (χ1v) is 6.16. The molecule has 3 nitrogen and oxygen atoms in total. The van der Waals surface area contributed by atoms with Crippen molar-refractivity contribution in [2.45, 2.75) is 4.34 Å². The molecule has 6 heteroatoms. The van der Waals surface area contributed by atoms with Gasteiger partial charge in [-0.2, -0.15) is 0 Å². The van der Waals surface area contributed by atoms with Crippen LogP contribution in [-0.4, -0.2) is 19.7 Å². The highest BCUT2D eigenvalue weighted by Gasteiger charge is 2.10. The van der Waals surface area contributed by atoms with Crippen molar-refractivity contribution in [3.63, 3.8) is 0 Å². The molecule has 1 heterocycles. The van der Waals surface area contributed by atoms with E-state index >= 15 is 0 Å². The lowest BCUT2D eigenvalue weighted by Crippen LogP contribution is -1.95. The van der Waals surface area contributed by atoms with Crippen LogP contribution in [0.5, 0.6) is 0 Å². The summed E-state index contributed by atoms with van der Waals surface area (Å²) in [4.78, 5) is 3.80. The topological polar surface area (TPSA) is 47.0 Å². The highest BCUT2D eigenvalue weighted by molar-refractivity contribution is 14.1. The molecule has 0 aliphatic carbocycles. The van der Waals surface area contributed by atoms with Gasteiger partial charge in [0.05, 0.1) is 0 Å². The van der Waals surface area contributed by atoms with E-state index in [1.54, 1.807) is 5.38 Å². The van der Waals surface area contributed by atoms with E-state index in [-0.39, 0.29) is 4.34 Å². The predicted molar refractivity (Wildman–Crippen MR) is 47.9 cm³/mol.